The van der Waals surface area contributed by atoms with Gasteiger partial charge in [0.05, 0.1) is 0 Å². The standard InChI is InChI=1S/C24H28FN3O/c1-27(2)13-14-28(17-21-8-6-12-26-16-21)18-22-9-3-4-11-24(22)29-19-20-7-5-10-23(25)15-20/h3-12,15-16H,13-14,17-19H2,1-2H3. The fraction of sp³-hybridized carbons (Fsp3) is 0.292. The summed E-state index contributed by atoms with van der Waals surface area (Å²) < 4.78 is 19.5. The molecule has 1 aromatic heterocycles. The maximum Gasteiger partial charge on any atom is 0.124 e. The van der Waals surface area contributed by atoms with E-state index in [0.29, 0.717) is 6.61 Å². The molecule has 3 rings (SSSR count). The van der Waals surface area contributed by atoms with Crippen molar-refractivity contribution in [3.63, 3.8) is 0 Å². The van der Waals surface area contributed by atoms with Crippen molar-refractivity contribution >= 4 is 0 Å². The largest absolute Gasteiger partial charge is 0.489 e. The van der Waals surface area contributed by atoms with E-state index in [1.54, 1.807) is 12.3 Å². The summed E-state index contributed by atoms with van der Waals surface area (Å²) in [5.74, 6) is 0.587. The second-order valence-electron chi connectivity index (χ2n) is 7.40. The van der Waals surface area contributed by atoms with Crippen molar-refractivity contribution in [1.29, 1.82) is 0 Å². The zero-order chi connectivity index (χ0) is 20.5. The summed E-state index contributed by atoms with van der Waals surface area (Å²) in [7, 11) is 4.16. The average molecular weight is 394 g/mol. The molecular weight excluding hydrogens is 365 g/mol. The number of hydrogen-bond acceptors (Lipinski definition) is 4. The Balaban J connectivity index is 1.71. The van der Waals surface area contributed by atoms with Crippen LogP contribution in [0.2, 0.25) is 0 Å². The maximum absolute atomic E-state index is 13.4. The van der Waals surface area contributed by atoms with Gasteiger partial charge < -0.3 is 9.64 Å². The van der Waals surface area contributed by atoms with Crippen molar-refractivity contribution in [2.24, 2.45) is 0 Å². The lowest BCUT2D eigenvalue weighted by molar-refractivity contribution is 0.220. The van der Waals surface area contributed by atoms with Gasteiger partial charge in [-0.15, -0.1) is 0 Å². The van der Waals surface area contributed by atoms with Crippen LogP contribution < -0.4 is 4.74 Å². The van der Waals surface area contributed by atoms with E-state index in [9.17, 15) is 4.39 Å². The highest BCUT2D eigenvalue weighted by atomic mass is 19.1. The molecule has 1 heterocycles. The number of benzene rings is 2. The SMILES string of the molecule is CN(C)CCN(Cc1cccnc1)Cc1ccccc1OCc1cccc(F)c1. The monoisotopic (exact) mass is 393 g/mol. The Kier molecular flexibility index (Phi) is 7.73. The molecule has 0 aliphatic heterocycles. The molecule has 5 heteroatoms. The Morgan fingerprint density at radius 1 is 0.897 bits per heavy atom. The number of nitrogens with zero attached hydrogens (tertiary/aromatic N) is 3. The molecule has 0 bridgehead atoms. The quantitative estimate of drug-likeness (QED) is 0.512. The molecule has 0 amide bonds. The lowest BCUT2D eigenvalue weighted by Gasteiger charge is -2.25. The first-order valence-electron chi connectivity index (χ1n) is 9.81. The smallest absolute Gasteiger partial charge is 0.124 e. The summed E-state index contributed by atoms with van der Waals surface area (Å²) in [6.07, 6.45) is 3.71. The molecule has 0 saturated heterocycles. The Hall–Kier alpha value is -2.76. The number of hydrogen-bond donors (Lipinski definition) is 0. The van der Waals surface area contributed by atoms with Crippen molar-refractivity contribution in [2.45, 2.75) is 19.7 Å². The van der Waals surface area contributed by atoms with Crippen LogP contribution in [0.15, 0.2) is 73.1 Å². The summed E-state index contributed by atoms with van der Waals surface area (Å²) in [6.45, 7) is 3.82. The minimum Gasteiger partial charge on any atom is -0.489 e. The first-order valence-corrected chi connectivity index (χ1v) is 9.81. The highest BCUT2D eigenvalue weighted by Gasteiger charge is 2.12. The number of rotatable bonds is 10. The number of para-hydroxylation sites is 1. The van der Waals surface area contributed by atoms with Gasteiger partial charge in [0.2, 0.25) is 0 Å². The molecule has 0 aliphatic rings. The molecule has 0 aliphatic carbocycles. The van der Waals surface area contributed by atoms with E-state index in [4.69, 9.17) is 4.74 Å². The minimum absolute atomic E-state index is 0.245. The number of pyridine rings is 1. The van der Waals surface area contributed by atoms with Crippen LogP contribution in [0.4, 0.5) is 4.39 Å². The van der Waals surface area contributed by atoms with E-state index in [0.717, 1.165) is 43.1 Å². The zero-order valence-electron chi connectivity index (χ0n) is 17.1. The second-order valence-corrected chi connectivity index (χ2v) is 7.40. The normalized spacial score (nSPS) is 11.2. The van der Waals surface area contributed by atoms with Gasteiger partial charge in [-0.2, -0.15) is 0 Å². The third kappa shape index (κ3) is 6.97. The molecule has 152 valence electrons. The number of likely N-dealkylation sites (N-methyl/N-ethyl adjacent to an activating group) is 1. The van der Waals surface area contributed by atoms with Crippen LogP contribution in [-0.4, -0.2) is 42.0 Å². The Labute approximate surface area is 172 Å². The zero-order valence-corrected chi connectivity index (χ0v) is 17.1. The molecule has 2 aromatic carbocycles. The first-order chi connectivity index (χ1) is 14.1. The number of aromatic nitrogens is 1. The van der Waals surface area contributed by atoms with E-state index < -0.39 is 0 Å². The van der Waals surface area contributed by atoms with Crippen LogP contribution in [-0.2, 0) is 19.7 Å². The topological polar surface area (TPSA) is 28.6 Å². The lowest BCUT2D eigenvalue weighted by Crippen LogP contribution is -2.31. The Morgan fingerprint density at radius 2 is 1.72 bits per heavy atom. The average Bonchev–Trinajstić information content (AvgIpc) is 2.72. The third-order valence-electron chi connectivity index (χ3n) is 4.64. The predicted octanol–water partition coefficient (Wildman–Crippen LogP) is 4.36. The fourth-order valence-electron chi connectivity index (χ4n) is 3.11. The van der Waals surface area contributed by atoms with E-state index >= 15 is 0 Å². The molecular formula is C24H28FN3O. The molecule has 0 radical (unpaired) electrons. The van der Waals surface area contributed by atoms with Gasteiger partial charge in [-0.3, -0.25) is 9.88 Å². The Bertz CT molecular complexity index is 886. The summed E-state index contributed by atoms with van der Waals surface area (Å²) in [6, 6.07) is 18.7. The molecule has 0 atom stereocenters. The fourth-order valence-corrected chi connectivity index (χ4v) is 3.11. The van der Waals surface area contributed by atoms with E-state index in [1.165, 1.54) is 17.7 Å². The summed E-state index contributed by atoms with van der Waals surface area (Å²) in [4.78, 5) is 8.81. The van der Waals surface area contributed by atoms with E-state index in [-0.39, 0.29) is 5.82 Å². The van der Waals surface area contributed by atoms with Crippen molar-refractivity contribution < 1.29 is 9.13 Å². The van der Waals surface area contributed by atoms with Crippen LogP contribution in [0.1, 0.15) is 16.7 Å². The number of ether oxygens (including phenoxy) is 1. The van der Waals surface area contributed by atoms with Gasteiger partial charge in [0.15, 0.2) is 0 Å². The molecule has 0 spiro atoms. The van der Waals surface area contributed by atoms with Gasteiger partial charge in [0.1, 0.15) is 18.2 Å². The highest BCUT2D eigenvalue weighted by Crippen LogP contribution is 2.22. The van der Waals surface area contributed by atoms with Gasteiger partial charge in [0.25, 0.3) is 0 Å². The third-order valence-corrected chi connectivity index (χ3v) is 4.64. The minimum atomic E-state index is -0.245. The summed E-state index contributed by atoms with van der Waals surface area (Å²) in [5, 5.41) is 0. The summed E-state index contributed by atoms with van der Waals surface area (Å²) in [5.41, 5.74) is 3.12. The van der Waals surface area contributed by atoms with Gasteiger partial charge in [-0.05, 0) is 49.5 Å². The van der Waals surface area contributed by atoms with Crippen LogP contribution in [0.25, 0.3) is 0 Å². The van der Waals surface area contributed by atoms with Crippen molar-refractivity contribution in [1.82, 2.24) is 14.8 Å². The van der Waals surface area contributed by atoms with Crippen LogP contribution in [0.5, 0.6) is 5.75 Å². The molecule has 29 heavy (non-hydrogen) atoms. The number of halogens is 1. The van der Waals surface area contributed by atoms with Gasteiger partial charge in [-0.1, -0.05) is 36.4 Å². The first kappa shape index (κ1) is 21.0. The maximum atomic E-state index is 13.4. The summed E-state index contributed by atoms with van der Waals surface area (Å²) >= 11 is 0. The van der Waals surface area contributed by atoms with Crippen LogP contribution in [0, 0.1) is 5.82 Å². The van der Waals surface area contributed by atoms with Crippen molar-refractivity contribution in [2.75, 3.05) is 27.2 Å². The van der Waals surface area contributed by atoms with Crippen LogP contribution in [0.3, 0.4) is 0 Å². The molecule has 3 aromatic rings. The highest BCUT2D eigenvalue weighted by molar-refractivity contribution is 5.33. The van der Waals surface area contributed by atoms with Gasteiger partial charge >= 0.3 is 0 Å². The Morgan fingerprint density at radius 3 is 2.48 bits per heavy atom. The lowest BCUT2D eigenvalue weighted by atomic mass is 10.1. The molecule has 0 fully saturated rings. The van der Waals surface area contributed by atoms with E-state index in [1.807, 2.05) is 36.5 Å². The van der Waals surface area contributed by atoms with Crippen molar-refractivity contribution in [3.8, 4) is 5.75 Å². The molecule has 0 N–H and O–H groups in total. The molecule has 0 unspecified atom stereocenters. The molecule has 0 saturated carbocycles. The predicted molar refractivity (Wildman–Crippen MR) is 114 cm³/mol. The van der Waals surface area contributed by atoms with Gasteiger partial charge in [0, 0.05) is 44.1 Å². The van der Waals surface area contributed by atoms with E-state index in [2.05, 4.69) is 41.0 Å². The van der Waals surface area contributed by atoms with Crippen molar-refractivity contribution in [3.05, 3.63) is 95.6 Å². The second kappa shape index (κ2) is 10.7. The van der Waals surface area contributed by atoms with Crippen LogP contribution >= 0.6 is 0 Å². The molecule has 4 nitrogen and oxygen atoms in total. The van der Waals surface area contributed by atoms with Gasteiger partial charge in [-0.25, -0.2) is 4.39 Å².